The summed E-state index contributed by atoms with van der Waals surface area (Å²) >= 11 is 1.17. The first kappa shape index (κ1) is 33.1. The normalized spacial score (nSPS) is 21.8. The predicted molar refractivity (Wildman–Crippen MR) is 170 cm³/mol. The number of amides is 1. The predicted octanol–water partition coefficient (Wildman–Crippen LogP) is 8.64. The lowest BCUT2D eigenvalue weighted by Crippen LogP contribution is -2.47. The van der Waals surface area contributed by atoms with Crippen molar-refractivity contribution in [1.29, 1.82) is 0 Å². The number of carboxylic acids is 1. The average Bonchev–Trinajstić information content (AvgIpc) is 3.37. The lowest BCUT2D eigenvalue weighted by atomic mass is 9.89. The topological polar surface area (TPSA) is 79.2 Å². The molecule has 41 heavy (non-hydrogen) atoms. The molecule has 0 spiro atoms. The van der Waals surface area contributed by atoms with E-state index in [0.717, 1.165) is 76.3 Å². The Morgan fingerprint density at radius 2 is 1.85 bits per heavy atom. The molecule has 1 saturated carbocycles. The number of allylic oxidation sites excluding steroid dienone is 1. The van der Waals surface area contributed by atoms with Crippen molar-refractivity contribution in [2.45, 2.75) is 137 Å². The number of carboxylic acid groups (broad SMARTS) is 1. The zero-order chi connectivity index (χ0) is 30.2. The van der Waals surface area contributed by atoms with Crippen LogP contribution in [0.5, 0.6) is 0 Å². The molecule has 1 N–H and O–H groups in total. The van der Waals surface area contributed by atoms with Crippen LogP contribution >= 0.6 is 11.3 Å². The Morgan fingerprint density at radius 3 is 2.41 bits per heavy atom. The van der Waals surface area contributed by atoms with Gasteiger partial charge in [-0.2, -0.15) is 0 Å². The molecule has 7 heteroatoms. The van der Waals surface area contributed by atoms with E-state index < -0.39 is 5.97 Å². The highest BCUT2D eigenvalue weighted by Crippen LogP contribution is 2.38. The minimum absolute atomic E-state index is 0.0487. The zero-order valence-corrected chi connectivity index (χ0v) is 27.0. The number of thiophene rings is 1. The van der Waals surface area contributed by atoms with Crippen molar-refractivity contribution in [2.75, 3.05) is 4.90 Å². The summed E-state index contributed by atoms with van der Waals surface area (Å²) in [5.74, 6) is 5.32. The standard InChI is InChI=1S/C34H50N2O4S/c1-8-12-13-23(9-2)32(37)36(30-22-29(18-19-34(5,6)7)41-31(30)33(38)39)26-14-16-27(17-15-26)40-28-20-24(10-3)35-25(11-4)21-28/h20,22-23,26-28H,8-17,21H2,1-7H3,(H,38,39). The second-order valence-electron chi connectivity index (χ2n) is 12.4. The number of rotatable bonds is 12. The lowest BCUT2D eigenvalue weighted by molar-refractivity contribution is -0.123. The van der Waals surface area contributed by atoms with Crippen LogP contribution in [0.2, 0.25) is 0 Å². The van der Waals surface area contributed by atoms with Crippen molar-refractivity contribution in [2.24, 2.45) is 16.3 Å². The van der Waals surface area contributed by atoms with Crippen molar-refractivity contribution in [3.8, 4) is 11.8 Å². The fourth-order valence-corrected chi connectivity index (χ4v) is 6.50. The number of hydrogen-bond donors (Lipinski definition) is 1. The number of nitrogens with zero attached hydrogens (tertiary/aromatic N) is 2. The van der Waals surface area contributed by atoms with Crippen LogP contribution in [0.25, 0.3) is 0 Å². The molecule has 1 aliphatic heterocycles. The highest BCUT2D eigenvalue weighted by atomic mass is 32.1. The van der Waals surface area contributed by atoms with E-state index in [1.165, 1.54) is 17.0 Å². The van der Waals surface area contributed by atoms with E-state index in [1.54, 1.807) is 0 Å². The first-order valence-electron chi connectivity index (χ1n) is 15.6. The summed E-state index contributed by atoms with van der Waals surface area (Å²) in [6.45, 7) is 14.6. The van der Waals surface area contributed by atoms with Gasteiger partial charge in [-0.25, -0.2) is 4.79 Å². The van der Waals surface area contributed by atoms with Crippen LogP contribution < -0.4 is 4.90 Å². The molecule has 1 amide bonds. The second-order valence-corrected chi connectivity index (χ2v) is 13.5. The maximum atomic E-state index is 14.2. The zero-order valence-electron chi connectivity index (χ0n) is 26.2. The maximum Gasteiger partial charge on any atom is 0.348 e. The van der Waals surface area contributed by atoms with Gasteiger partial charge < -0.3 is 14.7 Å². The molecular formula is C34H50N2O4S. The summed E-state index contributed by atoms with van der Waals surface area (Å²) in [4.78, 5) is 34.1. The van der Waals surface area contributed by atoms with Crippen LogP contribution in [0, 0.1) is 23.2 Å². The minimum Gasteiger partial charge on any atom is -0.477 e. The van der Waals surface area contributed by atoms with Crippen LogP contribution in [0.1, 0.15) is 134 Å². The Kier molecular flexibility index (Phi) is 12.2. The number of hydrogen-bond acceptors (Lipinski definition) is 5. The Labute approximate surface area is 251 Å². The molecule has 226 valence electrons. The summed E-state index contributed by atoms with van der Waals surface area (Å²) in [6.07, 6.45) is 11.8. The molecule has 1 aromatic rings. The average molecular weight is 583 g/mol. The third-order valence-corrected chi connectivity index (χ3v) is 9.00. The molecule has 1 aromatic heterocycles. The van der Waals surface area contributed by atoms with E-state index in [2.05, 4.69) is 45.6 Å². The molecular weight excluding hydrogens is 532 g/mol. The van der Waals surface area contributed by atoms with Gasteiger partial charge in [-0.3, -0.25) is 9.79 Å². The SMILES string of the molecule is CCCCC(CC)C(=O)N(c1cc(C#CC(C)(C)C)sc1C(=O)O)C1CCC(OC2C=C(CC)N=C(CC)C2)CC1. The number of unbranched alkanes of at least 4 members (excludes halogenated alkanes) is 1. The quantitative estimate of drug-likeness (QED) is 0.250. The van der Waals surface area contributed by atoms with Crippen molar-refractivity contribution >= 4 is 34.6 Å². The fraction of sp³-hybridized carbons (Fsp3) is 0.676. The third kappa shape index (κ3) is 9.28. The van der Waals surface area contributed by atoms with E-state index in [-0.39, 0.29) is 40.4 Å². The van der Waals surface area contributed by atoms with Gasteiger partial charge in [-0.1, -0.05) is 52.4 Å². The molecule has 0 radical (unpaired) electrons. The molecule has 2 heterocycles. The third-order valence-electron chi connectivity index (χ3n) is 7.98. The van der Waals surface area contributed by atoms with Crippen LogP contribution in [-0.2, 0) is 9.53 Å². The highest BCUT2D eigenvalue weighted by molar-refractivity contribution is 7.15. The first-order chi connectivity index (χ1) is 19.5. The van der Waals surface area contributed by atoms with Gasteiger partial charge >= 0.3 is 5.97 Å². The molecule has 0 saturated heterocycles. The number of carbonyl (C=O) groups excluding carboxylic acids is 1. The summed E-state index contributed by atoms with van der Waals surface area (Å²) < 4.78 is 6.57. The van der Waals surface area contributed by atoms with E-state index in [1.807, 2.05) is 31.7 Å². The van der Waals surface area contributed by atoms with Crippen molar-refractivity contribution in [1.82, 2.24) is 0 Å². The smallest absolute Gasteiger partial charge is 0.348 e. The van der Waals surface area contributed by atoms with Gasteiger partial charge in [-0.05, 0) is 84.3 Å². The summed E-state index contributed by atoms with van der Waals surface area (Å²) in [5, 5.41) is 10.2. The number of ether oxygens (including phenoxy) is 1. The Balaban J connectivity index is 1.87. The van der Waals surface area contributed by atoms with Gasteiger partial charge in [-0.15, -0.1) is 11.3 Å². The largest absolute Gasteiger partial charge is 0.477 e. The number of anilines is 1. The maximum absolute atomic E-state index is 14.2. The molecule has 1 fully saturated rings. The van der Waals surface area contributed by atoms with E-state index >= 15 is 0 Å². The Bertz CT molecular complexity index is 1170. The minimum atomic E-state index is -1.01. The summed E-state index contributed by atoms with van der Waals surface area (Å²) in [5.41, 5.74) is 2.60. The summed E-state index contributed by atoms with van der Waals surface area (Å²) in [6, 6.07) is 1.78. The number of aliphatic imine (C=N–C) groups is 1. The van der Waals surface area contributed by atoms with Crippen molar-refractivity contribution in [3.63, 3.8) is 0 Å². The van der Waals surface area contributed by atoms with Crippen LogP contribution in [0.3, 0.4) is 0 Å². The lowest BCUT2D eigenvalue weighted by Gasteiger charge is -2.39. The molecule has 0 aromatic carbocycles. The van der Waals surface area contributed by atoms with E-state index in [4.69, 9.17) is 9.73 Å². The van der Waals surface area contributed by atoms with Gasteiger partial charge in [0.15, 0.2) is 0 Å². The number of carbonyl (C=O) groups is 2. The summed E-state index contributed by atoms with van der Waals surface area (Å²) in [7, 11) is 0. The molecule has 2 unspecified atom stereocenters. The molecule has 2 atom stereocenters. The first-order valence-corrected chi connectivity index (χ1v) is 16.5. The molecule has 2 aliphatic rings. The molecule has 3 rings (SSSR count). The molecule has 6 nitrogen and oxygen atoms in total. The highest BCUT2D eigenvalue weighted by Gasteiger charge is 2.36. The second kappa shape index (κ2) is 15.2. The van der Waals surface area contributed by atoms with Gasteiger partial charge in [0, 0.05) is 35.2 Å². The van der Waals surface area contributed by atoms with Gasteiger partial charge in [0.05, 0.1) is 22.8 Å². The van der Waals surface area contributed by atoms with Gasteiger partial charge in [0.1, 0.15) is 4.88 Å². The molecule has 1 aliphatic carbocycles. The Hall–Kier alpha value is -2.43. The van der Waals surface area contributed by atoms with Crippen LogP contribution in [0.4, 0.5) is 5.69 Å². The van der Waals surface area contributed by atoms with E-state index in [9.17, 15) is 14.7 Å². The Morgan fingerprint density at radius 1 is 1.15 bits per heavy atom. The van der Waals surface area contributed by atoms with Gasteiger partial charge in [0.25, 0.3) is 0 Å². The monoisotopic (exact) mass is 582 g/mol. The molecule has 0 bridgehead atoms. The van der Waals surface area contributed by atoms with Gasteiger partial charge in [0.2, 0.25) is 5.91 Å². The van der Waals surface area contributed by atoms with Crippen LogP contribution in [-0.4, -0.2) is 40.9 Å². The fourth-order valence-electron chi connectivity index (χ4n) is 5.66. The van der Waals surface area contributed by atoms with Crippen molar-refractivity contribution < 1.29 is 19.4 Å². The van der Waals surface area contributed by atoms with Crippen LogP contribution in [0.15, 0.2) is 22.8 Å². The number of aromatic carboxylic acids is 1. The van der Waals surface area contributed by atoms with E-state index in [0.29, 0.717) is 10.6 Å². The van der Waals surface area contributed by atoms with Crippen molar-refractivity contribution in [3.05, 3.63) is 27.6 Å².